The van der Waals surface area contributed by atoms with E-state index in [0.29, 0.717) is 6.04 Å². The maximum Gasteiger partial charge on any atom is 0.185 e. The maximum absolute atomic E-state index is 4.72. The van der Waals surface area contributed by atoms with Gasteiger partial charge in [-0.25, -0.2) is 4.98 Å². The molecule has 1 aromatic heterocycles. The number of thiazole rings is 1. The van der Waals surface area contributed by atoms with Crippen molar-refractivity contribution in [3.63, 3.8) is 0 Å². The summed E-state index contributed by atoms with van der Waals surface area (Å²) in [7, 11) is 0. The van der Waals surface area contributed by atoms with Gasteiger partial charge in [-0.1, -0.05) is 13.8 Å². The molecule has 0 atom stereocenters. The fourth-order valence-corrected chi connectivity index (χ4v) is 3.16. The average molecular weight is 253 g/mol. The van der Waals surface area contributed by atoms with Crippen LogP contribution < -0.4 is 10.2 Å². The molecule has 1 fully saturated rings. The third-order valence-corrected chi connectivity index (χ3v) is 4.40. The molecule has 3 nitrogen and oxygen atoms in total. The molecular formula is C13H23N3S. The molecule has 1 saturated heterocycles. The van der Waals surface area contributed by atoms with Gasteiger partial charge in [0.1, 0.15) is 0 Å². The van der Waals surface area contributed by atoms with Crippen molar-refractivity contribution in [1.29, 1.82) is 0 Å². The molecule has 0 amide bonds. The predicted molar refractivity (Wildman–Crippen MR) is 74.9 cm³/mol. The van der Waals surface area contributed by atoms with E-state index < -0.39 is 0 Å². The molecule has 2 heterocycles. The number of aryl methyl sites for hydroxylation is 1. The molecular weight excluding hydrogens is 230 g/mol. The fourth-order valence-electron chi connectivity index (χ4n) is 2.09. The molecule has 0 radical (unpaired) electrons. The SMILES string of the molecule is Cc1nc(N2CCCCC2)sc1CNC(C)C. The van der Waals surface area contributed by atoms with Gasteiger partial charge in [-0.2, -0.15) is 0 Å². The van der Waals surface area contributed by atoms with Crippen molar-refractivity contribution in [1.82, 2.24) is 10.3 Å². The van der Waals surface area contributed by atoms with Crippen LogP contribution in [0.3, 0.4) is 0 Å². The van der Waals surface area contributed by atoms with Crippen LogP contribution in [0.4, 0.5) is 5.13 Å². The van der Waals surface area contributed by atoms with Crippen molar-refractivity contribution in [2.24, 2.45) is 0 Å². The summed E-state index contributed by atoms with van der Waals surface area (Å²) in [6, 6.07) is 0.537. The van der Waals surface area contributed by atoms with Crippen LogP contribution in [0, 0.1) is 6.92 Å². The number of piperidine rings is 1. The van der Waals surface area contributed by atoms with E-state index in [1.807, 2.05) is 11.3 Å². The number of hydrogen-bond acceptors (Lipinski definition) is 4. The standard InChI is InChI=1S/C13H23N3S/c1-10(2)14-9-12-11(3)15-13(17-12)16-7-5-4-6-8-16/h10,14H,4-9H2,1-3H3. The second-order valence-electron chi connectivity index (χ2n) is 5.09. The first kappa shape index (κ1) is 12.8. The zero-order valence-corrected chi connectivity index (χ0v) is 11.9. The van der Waals surface area contributed by atoms with Crippen molar-refractivity contribution in [2.45, 2.75) is 52.6 Å². The molecule has 4 heteroatoms. The molecule has 1 aliphatic rings. The topological polar surface area (TPSA) is 28.2 Å². The van der Waals surface area contributed by atoms with Gasteiger partial charge >= 0.3 is 0 Å². The molecule has 1 aliphatic heterocycles. The smallest absolute Gasteiger partial charge is 0.185 e. The number of nitrogens with zero attached hydrogens (tertiary/aromatic N) is 2. The van der Waals surface area contributed by atoms with Crippen LogP contribution in [0.25, 0.3) is 0 Å². The number of aromatic nitrogens is 1. The minimum absolute atomic E-state index is 0.537. The second-order valence-corrected chi connectivity index (χ2v) is 6.15. The lowest BCUT2D eigenvalue weighted by Crippen LogP contribution is -2.29. The molecule has 0 aromatic carbocycles. The Bertz CT molecular complexity index is 354. The van der Waals surface area contributed by atoms with Crippen molar-refractivity contribution >= 4 is 16.5 Å². The number of nitrogens with one attached hydrogen (secondary N) is 1. The van der Waals surface area contributed by atoms with Gasteiger partial charge in [-0.05, 0) is 26.2 Å². The zero-order valence-electron chi connectivity index (χ0n) is 11.1. The monoisotopic (exact) mass is 253 g/mol. The third kappa shape index (κ3) is 3.42. The maximum atomic E-state index is 4.72. The van der Waals surface area contributed by atoms with Gasteiger partial charge in [0.2, 0.25) is 0 Å². The molecule has 17 heavy (non-hydrogen) atoms. The number of hydrogen-bond donors (Lipinski definition) is 1. The Kier molecular flexibility index (Phi) is 4.40. The molecule has 0 spiro atoms. The molecule has 2 rings (SSSR count). The van der Waals surface area contributed by atoms with Crippen molar-refractivity contribution in [3.05, 3.63) is 10.6 Å². The van der Waals surface area contributed by atoms with Gasteiger partial charge in [0, 0.05) is 30.6 Å². The number of anilines is 1. The summed E-state index contributed by atoms with van der Waals surface area (Å²) in [6.45, 7) is 9.81. The average Bonchev–Trinajstić information content (AvgIpc) is 2.69. The molecule has 1 N–H and O–H groups in total. The first-order valence-electron chi connectivity index (χ1n) is 6.61. The van der Waals surface area contributed by atoms with Crippen molar-refractivity contribution in [3.8, 4) is 0 Å². The van der Waals surface area contributed by atoms with Crippen molar-refractivity contribution < 1.29 is 0 Å². The Morgan fingerprint density at radius 3 is 2.65 bits per heavy atom. The molecule has 1 aromatic rings. The summed E-state index contributed by atoms with van der Waals surface area (Å²) in [6.07, 6.45) is 4.01. The molecule has 0 saturated carbocycles. The zero-order chi connectivity index (χ0) is 12.3. The summed E-state index contributed by atoms with van der Waals surface area (Å²) in [4.78, 5) is 8.55. The highest BCUT2D eigenvalue weighted by atomic mass is 32.1. The van der Waals surface area contributed by atoms with Crippen LogP contribution in [0.15, 0.2) is 0 Å². The van der Waals surface area contributed by atoms with Crippen LogP contribution in [0.1, 0.15) is 43.7 Å². The van der Waals surface area contributed by atoms with E-state index in [-0.39, 0.29) is 0 Å². The van der Waals surface area contributed by atoms with E-state index in [2.05, 4.69) is 31.0 Å². The van der Waals surface area contributed by atoms with Gasteiger partial charge < -0.3 is 10.2 Å². The summed E-state index contributed by atoms with van der Waals surface area (Å²) >= 11 is 1.86. The van der Waals surface area contributed by atoms with Gasteiger partial charge in [-0.15, -0.1) is 11.3 Å². The van der Waals surface area contributed by atoms with Gasteiger partial charge in [0.15, 0.2) is 5.13 Å². The first-order valence-corrected chi connectivity index (χ1v) is 7.43. The lowest BCUT2D eigenvalue weighted by Gasteiger charge is -2.25. The van der Waals surface area contributed by atoms with E-state index in [1.165, 1.54) is 48.1 Å². The summed E-state index contributed by atoms with van der Waals surface area (Å²) in [5, 5.41) is 4.70. The largest absolute Gasteiger partial charge is 0.348 e. The van der Waals surface area contributed by atoms with E-state index >= 15 is 0 Å². The molecule has 0 bridgehead atoms. The van der Waals surface area contributed by atoms with Crippen LogP contribution in [-0.4, -0.2) is 24.1 Å². The van der Waals surface area contributed by atoms with Gasteiger partial charge in [0.25, 0.3) is 0 Å². The van der Waals surface area contributed by atoms with E-state index in [0.717, 1.165) is 6.54 Å². The number of rotatable bonds is 4. The van der Waals surface area contributed by atoms with Crippen molar-refractivity contribution in [2.75, 3.05) is 18.0 Å². The highest BCUT2D eigenvalue weighted by Crippen LogP contribution is 2.28. The van der Waals surface area contributed by atoms with E-state index in [4.69, 9.17) is 4.98 Å². The van der Waals surface area contributed by atoms with Gasteiger partial charge in [0.05, 0.1) is 5.69 Å². The quantitative estimate of drug-likeness (QED) is 0.894. The molecule has 96 valence electrons. The minimum Gasteiger partial charge on any atom is -0.348 e. The molecule has 0 unspecified atom stereocenters. The minimum atomic E-state index is 0.537. The van der Waals surface area contributed by atoms with Gasteiger partial charge in [-0.3, -0.25) is 0 Å². The Morgan fingerprint density at radius 1 is 1.29 bits per heavy atom. The first-order chi connectivity index (χ1) is 8.16. The third-order valence-electron chi connectivity index (χ3n) is 3.18. The van der Waals surface area contributed by atoms with Crippen LogP contribution in [0.2, 0.25) is 0 Å². The summed E-state index contributed by atoms with van der Waals surface area (Å²) in [5.41, 5.74) is 1.20. The van der Waals surface area contributed by atoms with E-state index in [1.54, 1.807) is 0 Å². The Balaban J connectivity index is 2.01. The Morgan fingerprint density at radius 2 is 2.00 bits per heavy atom. The Hall–Kier alpha value is -0.610. The Labute approximate surface area is 108 Å². The lowest BCUT2D eigenvalue weighted by atomic mass is 10.1. The highest BCUT2D eigenvalue weighted by Gasteiger charge is 2.16. The van der Waals surface area contributed by atoms with Crippen LogP contribution in [0.5, 0.6) is 0 Å². The normalized spacial score (nSPS) is 16.8. The fraction of sp³-hybridized carbons (Fsp3) is 0.769. The summed E-state index contributed by atoms with van der Waals surface area (Å²) < 4.78 is 0. The van der Waals surface area contributed by atoms with Crippen LogP contribution >= 0.6 is 11.3 Å². The van der Waals surface area contributed by atoms with Crippen LogP contribution in [-0.2, 0) is 6.54 Å². The lowest BCUT2D eigenvalue weighted by molar-refractivity contribution is 0.576. The summed E-state index contributed by atoms with van der Waals surface area (Å²) in [5.74, 6) is 0. The molecule has 0 aliphatic carbocycles. The van der Waals surface area contributed by atoms with E-state index in [9.17, 15) is 0 Å². The predicted octanol–water partition coefficient (Wildman–Crippen LogP) is 2.94. The second kappa shape index (κ2) is 5.83. The highest BCUT2D eigenvalue weighted by molar-refractivity contribution is 7.15.